The summed E-state index contributed by atoms with van der Waals surface area (Å²) in [4.78, 5) is 12.1. The number of amides is 1. The van der Waals surface area contributed by atoms with Gasteiger partial charge in [0.1, 0.15) is 0 Å². The van der Waals surface area contributed by atoms with Crippen molar-refractivity contribution in [2.75, 3.05) is 0 Å². The van der Waals surface area contributed by atoms with Crippen molar-refractivity contribution in [1.82, 2.24) is 10.6 Å². The lowest BCUT2D eigenvalue weighted by atomic mass is 9.89. The van der Waals surface area contributed by atoms with E-state index in [0.29, 0.717) is 24.0 Å². The predicted octanol–water partition coefficient (Wildman–Crippen LogP) is 2.85. The van der Waals surface area contributed by atoms with Gasteiger partial charge in [0.05, 0.1) is 0 Å². The minimum atomic E-state index is 0.266. The van der Waals surface area contributed by atoms with Crippen molar-refractivity contribution in [3.63, 3.8) is 0 Å². The standard InChI is InChI=1S/C16H30N2O/c1-11(2)4-5-12(3)17-16(19)10-13-8-14-6-7-15(9-13)18-14/h11-15,18H,4-10H2,1-3H3,(H,17,19). The lowest BCUT2D eigenvalue weighted by Crippen LogP contribution is -2.40. The Hall–Kier alpha value is -0.570. The van der Waals surface area contributed by atoms with E-state index >= 15 is 0 Å². The molecule has 2 aliphatic rings. The quantitative estimate of drug-likeness (QED) is 0.776. The molecule has 3 heteroatoms. The van der Waals surface area contributed by atoms with E-state index in [1.165, 1.54) is 32.1 Å². The first-order valence-corrected chi connectivity index (χ1v) is 8.08. The highest BCUT2D eigenvalue weighted by atomic mass is 16.1. The van der Waals surface area contributed by atoms with Crippen molar-refractivity contribution in [2.45, 2.75) is 83.8 Å². The van der Waals surface area contributed by atoms with Crippen LogP contribution in [-0.2, 0) is 4.79 Å². The van der Waals surface area contributed by atoms with E-state index in [9.17, 15) is 4.79 Å². The van der Waals surface area contributed by atoms with E-state index in [0.717, 1.165) is 18.8 Å². The molecule has 3 unspecified atom stereocenters. The van der Waals surface area contributed by atoms with Crippen LogP contribution in [-0.4, -0.2) is 24.0 Å². The molecule has 2 heterocycles. The van der Waals surface area contributed by atoms with Crippen LogP contribution in [0.25, 0.3) is 0 Å². The van der Waals surface area contributed by atoms with Gasteiger partial charge in [0, 0.05) is 24.5 Å². The molecule has 0 radical (unpaired) electrons. The van der Waals surface area contributed by atoms with Gasteiger partial charge >= 0.3 is 0 Å². The molecule has 2 rings (SSSR count). The Kier molecular flexibility index (Phi) is 5.26. The topological polar surface area (TPSA) is 41.1 Å². The highest BCUT2D eigenvalue weighted by Gasteiger charge is 2.34. The summed E-state index contributed by atoms with van der Waals surface area (Å²) in [5.41, 5.74) is 0. The highest BCUT2D eigenvalue weighted by molar-refractivity contribution is 5.76. The van der Waals surface area contributed by atoms with Crippen LogP contribution < -0.4 is 10.6 Å². The first-order chi connectivity index (χ1) is 9.02. The van der Waals surface area contributed by atoms with Gasteiger partial charge < -0.3 is 10.6 Å². The van der Waals surface area contributed by atoms with E-state index in [1.54, 1.807) is 0 Å². The molecule has 2 N–H and O–H groups in total. The Bertz CT molecular complexity index is 291. The van der Waals surface area contributed by atoms with Gasteiger partial charge in [-0.25, -0.2) is 0 Å². The second-order valence-electron chi connectivity index (χ2n) is 7.12. The number of carbonyl (C=O) groups excluding carboxylic acids is 1. The maximum atomic E-state index is 12.1. The summed E-state index contributed by atoms with van der Waals surface area (Å²) in [7, 11) is 0. The fourth-order valence-corrected chi connectivity index (χ4v) is 3.59. The fourth-order valence-electron chi connectivity index (χ4n) is 3.59. The molecule has 2 bridgehead atoms. The second-order valence-corrected chi connectivity index (χ2v) is 7.12. The Morgan fingerprint density at radius 2 is 1.79 bits per heavy atom. The zero-order valence-corrected chi connectivity index (χ0v) is 12.7. The number of hydrogen-bond acceptors (Lipinski definition) is 2. The van der Waals surface area contributed by atoms with Crippen LogP contribution in [0, 0.1) is 11.8 Å². The van der Waals surface area contributed by atoms with Gasteiger partial charge in [-0.2, -0.15) is 0 Å². The van der Waals surface area contributed by atoms with E-state index in [-0.39, 0.29) is 5.91 Å². The molecule has 2 aliphatic heterocycles. The molecule has 1 amide bonds. The smallest absolute Gasteiger partial charge is 0.220 e. The van der Waals surface area contributed by atoms with Crippen molar-refractivity contribution >= 4 is 5.91 Å². The Labute approximate surface area is 117 Å². The van der Waals surface area contributed by atoms with E-state index in [1.807, 2.05) is 0 Å². The summed E-state index contributed by atoms with van der Waals surface area (Å²) < 4.78 is 0. The number of piperidine rings is 1. The zero-order chi connectivity index (χ0) is 13.8. The molecule has 0 aromatic rings. The number of carbonyl (C=O) groups is 1. The highest BCUT2D eigenvalue weighted by Crippen LogP contribution is 2.32. The minimum Gasteiger partial charge on any atom is -0.354 e. The van der Waals surface area contributed by atoms with Crippen LogP contribution in [0.1, 0.15) is 65.7 Å². The van der Waals surface area contributed by atoms with Crippen LogP contribution >= 0.6 is 0 Å². The molecular weight excluding hydrogens is 236 g/mol. The number of fused-ring (bicyclic) bond motifs is 2. The average molecular weight is 266 g/mol. The summed E-state index contributed by atoms with van der Waals surface area (Å²) in [6.45, 7) is 6.60. The van der Waals surface area contributed by atoms with Crippen molar-refractivity contribution in [2.24, 2.45) is 11.8 Å². The molecule has 3 atom stereocenters. The number of nitrogens with one attached hydrogen (secondary N) is 2. The molecule has 2 fully saturated rings. The molecule has 0 aliphatic carbocycles. The summed E-state index contributed by atoms with van der Waals surface area (Å²) >= 11 is 0. The Balaban J connectivity index is 1.66. The fraction of sp³-hybridized carbons (Fsp3) is 0.938. The molecule has 0 spiro atoms. The van der Waals surface area contributed by atoms with Crippen molar-refractivity contribution in [3.05, 3.63) is 0 Å². The van der Waals surface area contributed by atoms with Crippen LogP contribution in [0.5, 0.6) is 0 Å². The summed E-state index contributed by atoms with van der Waals surface area (Å²) in [5.74, 6) is 1.60. The number of rotatable bonds is 6. The van der Waals surface area contributed by atoms with Crippen LogP contribution in [0.15, 0.2) is 0 Å². The second kappa shape index (κ2) is 6.74. The predicted molar refractivity (Wildman–Crippen MR) is 79.0 cm³/mol. The number of hydrogen-bond donors (Lipinski definition) is 2. The molecule has 110 valence electrons. The van der Waals surface area contributed by atoms with Crippen molar-refractivity contribution in [3.8, 4) is 0 Å². The first-order valence-electron chi connectivity index (χ1n) is 8.08. The normalized spacial score (nSPS) is 31.5. The summed E-state index contributed by atoms with van der Waals surface area (Å²) in [6, 6.07) is 1.71. The van der Waals surface area contributed by atoms with Gasteiger partial charge in [-0.05, 0) is 57.3 Å². The molecular formula is C16H30N2O. The third kappa shape index (κ3) is 4.79. The molecule has 19 heavy (non-hydrogen) atoms. The largest absolute Gasteiger partial charge is 0.354 e. The van der Waals surface area contributed by atoms with Gasteiger partial charge in [-0.15, -0.1) is 0 Å². The zero-order valence-electron chi connectivity index (χ0n) is 12.7. The van der Waals surface area contributed by atoms with E-state index in [2.05, 4.69) is 31.4 Å². The molecule has 0 aromatic heterocycles. The van der Waals surface area contributed by atoms with Gasteiger partial charge in [0.25, 0.3) is 0 Å². The third-order valence-electron chi connectivity index (χ3n) is 4.63. The van der Waals surface area contributed by atoms with Gasteiger partial charge in [0.15, 0.2) is 0 Å². The van der Waals surface area contributed by atoms with Crippen LogP contribution in [0.2, 0.25) is 0 Å². The SMILES string of the molecule is CC(C)CCC(C)NC(=O)CC1CC2CCC(C1)N2. The monoisotopic (exact) mass is 266 g/mol. The van der Waals surface area contributed by atoms with Gasteiger partial charge in [-0.1, -0.05) is 13.8 Å². The van der Waals surface area contributed by atoms with E-state index in [4.69, 9.17) is 0 Å². The molecule has 2 saturated heterocycles. The van der Waals surface area contributed by atoms with Crippen molar-refractivity contribution < 1.29 is 4.79 Å². The lowest BCUT2D eigenvalue weighted by Gasteiger charge is -2.29. The van der Waals surface area contributed by atoms with Crippen LogP contribution in [0.4, 0.5) is 0 Å². The maximum absolute atomic E-state index is 12.1. The Morgan fingerprint density at radius 3 is 2.37 bits per heavy atom. The lowest BCUT2D eigenvalue weighted by molar-refractivity contribution is -0.122. The summed E-state index contributed by atoms with van der Waals surface area (Å²) in [5, 5.41) is 6.81. The van der Waals surface area contributed by atoms with Crippen molar-refractivity contribution in [1.29, 1.82) is 0 Å². The molecule has 0 saturated carbocycles. The first kappa shape index (κ1) is 14.8. The molecule has 0 aromatic carbocycles. The minimum absolute atomic E-state index is 0.266. The van der Waals surface area contributed by atoms with Gasteiger partial charge in [-0.3, -0.25) is 4.79 Å². The summed E-state index contributed by atoms with van der Waals surface area (Å²) in [6.07, 6.45) is 8.05. The van der Waals surface area contributed by atoms with E-state index < -0.39 is 0 Å². The third-order valence-corrected chi connectivity index (χ3v) is 4.63. The maximum Gasteiger partial charge on any atom is 0.220 e. The van der Waals surface area contributed by atoms with Gasteiger partial charge in [0.2, 0.25) is 5.91 Å². The Morgan fingerprint density at radius 1 is 1.16 bits per heavy atom. The average Bonchev–Trinajstić information content (AvgIpc) is 2.66. The van der Waals surface area contributed by atoms with Crippen LogP contribution in [0.3, 0.4) is 0 Å². The molecule has 3 nitrogen and oxygen atoms in total.